The molecule has 0 spiro atoms. The summed E-state index contributed by atoms with van der Waals surface area (Å²) >= 11 is 0. The van der Waals surface area contributed by atoms with Crippen LogP contribution in [0.4, 0.5) is 0 Å². The number of rotatable bonds is 2. The largest absolute Gasteiger partial charge is 0.299 e. The van der Waals surface area contributed by atoms with Crippen LogP contribution in [-0.2, 0) is 9.59 Å². The second kappa shape index (κ2) is 2.89. The standard InChI is InChI=1S/C15H19NO4Si/c1-21(2,3)15-9-5-8-12(17)6-4-7(13(9)18)11(15)10(6)14(8,15)16(19)20/h6-11H,4-5H2,1-3H3. The van der Waals surface area contributed by atoms with Crippen LogP contribution in [0, 0.1) is 45.6 Å². The molecule has 5 fully saturated rings. The third-order valence-electron chi connectivity index (χ3n) is 7.97. The Hall–Kier alpha value is -1.04. The van der Waals surface area contributed by atoms with Crippen molar-refractivity contribution in [1.29, 1.82) is 0 Å². The molecule has 0 N–H and O–H groups in total. The second-order valence-electron chi connectivity index (χ2n) is 8.85. The van der Waals surface area contributed by atoms with Crippen LogP contribution in [0.5, 0.6) is 0 Å². The fourth-order valence-corrected chi connectivity index (χ4v) is 12.4. The molecule has 0 amide bonds. The second-order valence-corrected chi connectivity index (χ2v) is 14.2. The van der Waals surface area contributed by atoms with Crippen LogP contribution in [0.2, 0.25) is 24.7 Å². The van der Waals surface area contributed by atoms with E-state index in [2.05, 4.69) is 19.6 Å². The zero-order valence-corrected chi connectivity index (χ0v) is 13.5. The van der Waals surface area contributed by atoms with Gasteiger partial charge in [0.2, 0.25) is 5.54 Å². The fourth-order valence-electron chi connectivity index (χ4n) is 8.13. The van der Waals surface area contributed by atoms with Crippen molar-refractivity contribution in [2.45, 2.75) is 43.1 Å². The minimum absolute atomic E-state index is 0.0463. The van der Waals surface area contributed by atoms with E-state index in [0.29, 0.717) is 12.8 Å². The van der Waals surface area contributed by atoms with Gasteiger partial charge >= 0.3 is 0 Å². The molecular formula is C15H19NO4Si. The molecule has 0 aromatic heterocycles. The van der Waals surface area contributed by atoms with Gasteiger partial charge in [-0.2, -0.15) is 0 Å². The van der Waals surface area contributed by atoms with Gasteiger partial charge in [0.15, 0.2) is 0 Å². The van der Waals surface area contributed by atoms with Crippen LogP contribution < -0.4 is 0 Å². The molecule has 8 unspecified atom stereocenters. The van der Waals surface area contributed by atoms with Gasteiger partial charge < -0.3 is 0 Å². The van der Waals surface area contributed by atoms with Gasteiger partial charge in [-0.05, 0) is 18.8 Å². The first-order valence-electron chi connectivity index (χ1n) is 7.94. The number of hydrogen-bond acceptors (Lipinski definition) is 4. The first-order valence-corrected chi connectivity index (χ1v) is 11.4. The molecule has 5 aliphatic rings. The predicted molar refractivity (Wildman–Crippen MR) is 76.0 cm³/mol. The molecule has 5 nitrogen and oxygen atoms in total. The molecule has 0 bridgehead atoms. The summed E-state index contributed by atoms with van der Waals surface area (Å²) in [5, 5.41) is 11.8. The molecule has 112 valence electrons. The van der Waals surface area contributed by atoms with Crippen molar-refractivity contribution in [1.82, 2.24) is 0 Å². The molecule has 0 aromatic carbocycles. The van der Waals surface area contributed by atoms with Crippen molar-refractivity contribution in [3.8, 4) is 0 Å². The van der Waals surface area contributed by atoms with Gasteiger partial charge in [0, 0.05) is 33.6 Å². The van der Waals surface area contributed by atoms with Crippen LogP contribution in [0.15, 0.2) is 0 Å². The molecular weight excluding hydrogens is 286 g/mol. The van der Waals surface area contributed by atoms with Crippen molar-refractivity contribution in [3.05, 3.63) is 10.1 Å². The van der Waals surface area contributed by atoms with E-state index in [1.54, 1.807) is 0 Å². The summed E-state index contributed by atoms with van der Waals surface area (Å²) in [5.74, 6) is -0.489. The number of hydrogen-bond donors (Lipinski definition) is 0. The molecule has 0 radical (unpaired) electrons. The summed E-state index contributed by atoms with van der Waals surface area (Å²) in [6.07, 6.45) is 1.09. The zero-order chi connectivity index (χ0) is 15.1. The van der Waals surface area contributed by atoms with E-state index in [1.165, 1.54) is 0 Å². The Morgan fingerprint density at radius 1 is 1.05 bits per heavy atom. The molecule has 5 saturated carbocycles. The first kappa shape index (κ1) is 12.5. The topological polar surface area (TPSA) is 77.3 Å². The van der Waals surface area contributed by atoms with Gasteiger partial charge in [-0.1, -0.05) is 19.6 Å². The lowest BCUT2D eigenvalue weighted by Gasteiger charge is -2.62. The average Bonchev–Trinajstić information content (AvgIpc) is 2.92. The van der Waals surface area contributed by atoms with Crippen molar-refractivity contribution in [2.24, 2.45) is 35.5 Å². The van der Waals surface area contributed by atoms with E-state index in [9.17, 15) is 19.7 Å². The number of nitrogens with zero attached hydrogens (tertiary/aromatic N) is 1. The van der Waals surface area contributed by atoms with Crippen LogP contribution in [0.1, 0.15) is 12.8 Å². The van der Waals surface area contributed by atoms with Crippen molar-refractivity contribution in [3.63, 3.8) is 0 Å². The number of ketones is 2. The maximum atomic E-state index is 12.9. The van der Waals surface area contributed by atoms with Gasteiger partial charge in [-0.3, -0.25) is 19.7 Å². The summed E-state index contributed by atoms with van der Waals surface area (Å²) in [6, 6.07) is 0. The Morgan fingerprint density at radius 3 is 2.19 bits per heavy atom. The van der Waals surface area contributed by atoms with Crippen LogP contribution >= 0.6 is 0 Å². The minimum Gasteiger partial charge on any atom is -0.299 e. The lowest BCUT2D eigenvalue weighted by atomic mass is 9.53. The van der Waals surface area contributed by atoms with Gasteiger partial charge in [0.1, 0.15) is 11.6 Å². The smallest absolute Gasteiger partial charge is 0.239 e. The molecule has 8 atom stereocenters. The molecule has 0 aromatic rings. The minimum atomic E-state index is -1.97. The lowest BCUT2D eigenvalue weighted by molar-refractivity contribution is -0.614. The molecule has 5 aliphatic carbocycles. The molecule has 5 rings (SSSR count). The van der Waals surface area contributed by atoms with Gasteiger partial charge in [0.05, 0.1) is 14.0 Å². The van der Waals surface area contributed by atoms with Gasteiger partial charge in [-0.25, -0.2) is 0 Å². The summed E-state index contributed by atoms with van der Waals surface area (Å²) in [7, 11) is -1.97. The number of carbonyl (C=O) groups is 2. The fraction of sp³-hybridized carbons (Fsp3) is 0.867. The van der Waals surface area contributed by atoms with Crippen molar-refractivity contribution >= 4 is 19.6 Å². The monoisotopic (exact) mass is 305 g/mol. The van der Waals surface area contributed by atoms with Gasteiger partial charge in [-0.15, -0.1) is 0 Å². The maximum absolute atomic E-state index is 12.9. The average molecular weight is 305 g/mol. The van der Waals surface area contributed by atoms with Gasteiger partial charge in [0.25, 0.3) is 0 Å². The number of Topliss-reactive ketones (excluding diaryl/α,β-unsaturated/α-hetero) is 2. The van der Waals surface area contributed by atoms with Crippen molar-refractivity contribution in [2.75, 3.05) is 0 Å². The van der Waals surface area contributed by atoms with E-state index in [-0.39, 0.29) is 46.1 Å². The third kappa shape index (κ3) is 0.792. The lowest BCUT2D eigenvalue weighted by Crippen LogP contribution is -2.74. The Balaban J connectivity index is 1.90. The zero-order valence-electron chi connectivity index (χ0n) is 12.5. The van der Waals surface area contributed by atoms with E-state index >= 15 is 0 Å². The summed E-state index contributed by atoms with van der Waals surface area (Å²) < 4.78 is 0. The first-order chi connectivity index (χ1) is 9.72. The Morgan fingerprint density at radius 2 is 1.62 bits per heavy atom. The number of nitro groups is 1. The highest BCUT2D eigenvalue weighted by molar-refractivity contribution is 6.80. The van der Waals surface area contributed by atoms with Crippen molar-refractivity contribution < 1.29 is 14.5 Å². The van der Waals surface area contributed by atoms with Crippen LogP contribution in [0.3, 0.4) is 0 Å². The Kier molecular flexibility index (Phi) is 1.72. The van der Waals surface area contributed by atoms with E-state index < -0.39 is 24.6 Å². The van der Waals surface area contributed by atoms with E-state index in [4.69, 9.17) is 0 Å². The highest BCUT2D eigenvalue weighted by atomic mass is 28.3. The Labute approximate surface area is 123 Å². The van der Waals surface area contributed by atoms with Crippen LogP contribution in [0.25, 0.3) is 0 Å². The third-order valence-corrected chi connectivity index (χ3v) is 11.5. The number of carbonyl (C=O) groups excluding carboxylic acids is 2. The SMILES string of the molecule is C[Si](C)(C)C12C3CC4C(=O)C5CC(C3=O)C1C5C42[N+](=O)[O-]. The molecule has 21 heavy (non-hydrogen) atoms. The quantitative estimate of drug-likeness (QED) is 0.442. The normalized spacial score (nSPS) is 58.8. The predicted octanol–water partition coefficient (Wildman–Crippen LogP) is 1.76. The molecule has 0 heterocycles. The molecule has 0 aliphatic heterocycles. The summed E-state index contributed by atoms with van der Waals surface area (Å²) in [5.41, 5.74) is -1.07. The highest BCUT2D eigenvalue weighted by Crippen LogP contribution is 2.91. The molecule has 6 heteroatoms. The van der Waals surface area contributed by atoms with E-state index in [1.807, 2.05) is 0 Å². The maximum Gasteiger partial charge on any atom is 0.239 e. The Bertz CT molecular complexity index is 655. The van der Waals surface area contributed by atoms with E-state index in [0.717, 1.165) is 0 Å². The molecule has 0 saturated heterocycles. The highest BCUT2D eigenvalue weighted by Gasteiger charge is 3.00. The summed E-state index contributed by atoms with van der Waals surface area (Å²) in [4.78, 5) is 37.7. The van der Waals surface area contributed by atoms with Crippen LogP contribution in [-0.4, -0.2) is 30.1 Å². The summed E-state index contributed by atoms with van der Waals surface area (Å²) in [6.45, 7) is 6.53.